The van der Waals surface area contributed by atoms with Crippen LogP contribution in [0.3, 0.4) is 0 Å². The molecule has 0 radical (unpaired) electrons. The fraction of sp³-hybridized carbons (Fsp3) is 0.375. The first kappa shape index (κ1) is 18.0. The molecule has 1 aromatic heterocycles. The van der Waals surface area contributed by atoms with Crippen molar-refractivity contribution >= 4 is 27.3 Å². The van der Waals surface area contributed by atoms with Crippen molar-refractivity contribution in [1.82, 2.24) is 9.29 Å². The monoisotopic (exact) mass is 384 g/mol. The molecule has 3 rings (SSSR count). The van der Waals surface area contributed by atoms with Gasteiger partial charge in [-0.1, -0.05) is 6.07 Å². The molecule has 0 bridgehead atoms. The highest BCUT2D eigenvalue weighted by molar-refractivity contribution is 7.89. The summed E-state index contributed by atoms with van der Waals surface area (Å²) >= 11 is 1.41. The van der Waals surface area contributed by atoms with Gasteiger partial charge in [0.05, 0.1) is 22.5 Å². The van der Waals surface area contributed by atoms with Crippen molar-refractivity contribution in [3.8, 4) is 0 Å². The second-order valence-corrected chi connectivity index (χ2v) is 8.90. The molecular formula is C16H17FN2O4S2. The molecule has 25 heavy (non-hydrogen) atoms. The number of aromatic carboxylic acids is 1. The van der Waals surface area contributed by atoms with E-state index in [1.54, 1.807) is 5.51 Å². The van der Waals surface area contributed by atoms with Crippen LogP contribution in [0.2, 0.25) is 0 Å². The Hall–Kier alpha value is -1.84. The lowest BCUT2D eigenvalue weighted by molar-refractivity contribution is 0.0689. The minimum atomic E-state index is -3.58. The van der Waals surface area contributed by atoms with Gasteiger partial charge in [0.15, 0.2) is 0 Å². The first-order valence-corrected chi connectivity index (χ1v) is 10.2. The van der Waals surface area contributed by atoms with Crippen molar-refractivity contribution in [3.63, 3.8) is 0 Å². The predicted molar refractivity (Wildman–Crippen MR) is 91.8 cm³/mol. The van der Waals surface area contributed by atoms with E-state index in [1.165, 1.54) is 21.7 Å². The van der Waals surface area contributed by atoms with Gasteiger partial charge in [-0.15, -0.1) is 11.3 Å². The van der Waals surface area contributed by atoms with Crippen LogP contribution in [0, 0.1) is 12.7 Å². The molecule has 1 N–H and O–H groups in total. The number of hydrogen-bond acceptors (Lipinski definition) is 5. The van der Waals surface area contributed by atoms with Crippen LogP contribution in [0.15, 0.2) is 17.6 Å². The number of aryl methyl sites for hydroxylation is 2. The minimum absolute atomic E-state index is 0.0803. The van der Waals surface area contributed by atoms with E-state index in [-0.39, 0.29) is 24.4 Å². The number of carboxylic acid groups (broad SMARTS) is 1. The topological polar surface area (TPSA) is 87.6 Å². The maximum Gasteiger partial charge on any atom is 0.339 e. The second-order valence-electron chi connectivity index (χ2n) is 5.88. The summed E-state index contributed by atoms with van der Waals surface area (Å²) in [4.78, 5) is 16.4. The quantitative estimate of drug-likeness (QED) is 0.854. The second kappa shape index (κ2) is 6.81. The van der Waals surface area contributed by atoms with Crippen LogP contribution >= 0.6 is 11.3 Å². The van der Waals surface area contributed by atoms with E-state index < -0.39 is 27.4 Å². The molecule has 0 saturated carbocycles. The van der Waals surface area contributed by atoms with E-state index in [1.807, 2.05) is 6.92 Å². The summed E-state index contributed by atoms with van der Waals surface area (Å²) in [7, 11) is -3.58. The summed E-state index contributed by atoms with van der Waals surface area (Å²) in [5.74, 6) is -2.30. The predicted octanol–water partition coefficient (Wildman–Crippen LogP) is 2.22. The molecular weight excluding hydrogens is 367 g/mol. The minimum Gasteiger partial charge on any atom is -0.478 e. The molecule has 2 heterocycles. The Morgan fingerprint density at radius 3 is 2.84 bits per heavy atom. The Bertz CT molecular complexity index is 924. The average Bonchev–Trinajstić information content (AvgIpc) is 2.97. The van der Waals surface area contributed by atoms with Gasteiger partial charge < -0.3 is 5.11 Å². The number of halogens is 1. The van der Waals surface area contributed by atoms with Crippen molar-refractivity contribution in [2.45, 2.75) is 26.3 Å². The van der Waals surface area contributed by atoms with Crippen molar-refractivity contribution in [1.29, 1.82) is 0 Å². The van der Waals surface area contributed by atoms with Gasteiger partial charge in [0.1, 0.15) is 5.82 Å². The van der Waals surface area contributed by atoms with Gasteiger partial charge in [-0.05, 0) is 37.0 Å². The fourth-order valence-electron chi connectivity index (χ4n) is 2.96. The van der Waals surface area contributed by atoms with Crippen LogP contribution in [0.4, 0.5) is 4.39 Å². The molecule has 1 aromatic carbocycles. The number of hydrogen-bond donors (Lipinski definition) is 1. The first-order valence-electron chi connectivity index (χ1n) is 7.70. The summed E-state index contributed by atoms with van der Waals surface area (Å²) in [6, 6.07) is 2.65. The molecule has 0 spiro atoms. The van der Waals surface area contributed by atoms with Crippen molar-refractivity contribution in [2.24, 2.45) is 0 Å². The van der Waals surface area contributed by atoms with E-state index in [0.29, 0.717) is 18.4 Å². The molecule has 0 unspecified atom stereocenters. The number of sulfonamides is 1. The number of rotatable bonds is 5. The van der Waals surface area contributed by atoms with Gasteiger partial charge in [0, 0.05) is 18.0 Å². The van der Waals surface area contributed by atoms with Crippen LogP contribution in [-0.2, 0) is 29.4 Å². The SMILES string of the molecule is Cc1ncsc1CCS(=O)(=O)N1CCc2ccc(F)c(C(=O)O)c2C1. The number of benzene rings is 1. The lowest BCUT2D eigenvalue weighted by Crippen LogP contribution is -2.38. The van der Waals surface area contributed by atoms with E-state index in [2.05, 4.69) is 4.98 Å². The number of aromatic nitrogens is 1. The summed E-state index contributed by atoms with van der Waals surface area (Å²) in [6.45, 7) is 1.98. The highest BCUT2D eigenvalue weighted by Gasteiger charge is 2.30. The van der Waals surface area contributed by atoms with Crippen LogP contribution < -0.4 is 0 Å². The Morgan fingerprint density at radius 2 is 2.20 bits per heavy atom. The van der Waals surface area contributed by atoms with Crippen LogP contribution in [0.5, 0.6) is 0 Å². The lowest BCUT2D eigenvalue weighted by Gasteiger charge is -2.29. The lowest BCUT2D eigenvalue weighted by atomic mass is 9.95. The van der Waals surface area contributed by atoms with E-state index in [9.17, 15) is 22.7 Å². The van der Waals surface area contributed by atoms with Gasteiger partial charge >= 0.3 is 5.97 Å². The van der Waals surface area contributed by atoms with E-state index in [0.717, 1.165) is 16.6 Å². The zero-order valence-electron chi connectivity index (χ0n) is 13.5. The van der Waals surface area contributed by atoms with Gasteiger partial charge in [0.25, 0.3) is 0 Å². The van der Waals surface area contributed by atoms with E-state index >= 15 is 0 Å². The van der Waals surface area contributed by atoms with Gasteiger partial charge in [-0.3, -0.25) is 0 Å². The smallest absolute Gasteiger partial charge is 0.339 e. The maximum absolute atomic E-state index is 13.9. The van der Waals surface area contributed by atoms with Crippen molar-refractivity contribution in [3.05, 3.63) is 50.7 Å². The standard InChI is InChI=1S/C16H17FN2O4S2/c1-10-14(24-9-18-10)5-7-25(22,23)19-6-4-11-2-3-13(17)15(16(20)21)12(11)8-19/h2-3,9H,4-8H2,1H3,(H,20,21). The largest absolute Gasteiger partial charge is 0.478 e. The maximum atomic E-state index is 13.9. The highest BCUT2D eigenvalue weighted by atomic mass is 32.2. The molecule has 1 aliphatic rings. The molecule has 0 aliphatic carbocycles. The van der Waals surface area contributed by atoms with E-state index in [4.69, 9.17) is 0 Å². The molecule has 1 aliphatic heterocycles. The number of thiazole rings is 1. The molecule has 0 fully saturated rings. The van der Waals surface area contributed by atoms with Crippen molar-refractivity contribution in [2.75, 3.05) is 12.3 Å². The highest BCUT2D eigenvalue weighted by Crippen LogP contribution is 2.27. The first-order chi connectivity index (χ1) is 11.8. The Balaban J connectivity index is 1.83. The number of carbonyl (C=O) groups is 1. The molecule has 0 amide bonds. The number of carboxylic acids is 1. The fourth-order valence-corrected chi connectivity index (χ4v) is 5.29. The Labute approximate surface area is 149 Å². The third-order valence-electron chi connectivity index (χ3n) is 4.36. The van der Waals surface area contributed by atoms with Gasteiger partial charge in [-0.25, -0.2) is 22.6 Å². The third-order valence-corrected chi connectivity index (χ3v) is 7.18. The molecule has 134 valence electrons. The van der Waals surface area contributed by atoms with Crippen LogP contribution in [0.25, 0.3) is 0 Å². The third kappa shape index (κ3) is 3.58. The zero-order valence-corrected chi connectivity index (χ0v) is 15.2. The Morgan fingerprint density at radius 1 is 1.44 bits per heavy atom. The zero-order chi connectivity index (χ0) is 18.2. The summed E-state index contributed by atoms with van der Waals surface area (Å²) in [6.07, 6.45) is 0.728. The molecule has 2 aromatic rings. The Kier molecular flexibility index (Phi) is 4.90. The average molecular weight is 384 g/mol. The normalized spacial score (nSPS) is 15.1. The summed E-state index contributed by atoms with van der Waals surface area (Å²) < 4.78 is 40.4. The summed E-state index contributed by atoms with van der Waals surface area (Å²) in [5, 5.41) is 9.26. The number of fused-ring (bicyclic) bond motifs is 1. The molecule has 0 atom stereocenters. The van der Waals surface area contributed by atoms with Gasteiger partial charge in [-0.2, -0.15) is 4.31 Å². The van der Waals surface area contributed by atoms with Crippen molar-refractivity contribution < 1.29 is 22.7 Å². The summed E-state index contributed by atoms with van der Waals surface area (Å²) in [5.41, 5.74) is 2.99. The van der Waals surface area contributed by atoms with Crippen LogP contribution in [-0.4, -0.2) is 41.1 Å². The molecule has 0 saturated heterocycles. The van der Waals surface area contributed by atoms with Gasteiger partial charge in [0.2, 0.25) is 10.0 Å². The molecule has 6 nitrogen and oxygen atoms in total. The molecule has 9 heteroatoms. The van der Waals surface area contributed by atoms with Crippen LogP contribution in [0.1, 0.15) is 32.1 Å². The number of nitrogens with zero attached hydrogens (tertiary/aromatic N) is 2.